The number of nitrogens with zero attached hydrogens (tertiary/aromatic N) is 2. The van der Waals surface area contributed by atoms with Crippen molar-refractivity contribution in [2.24, 2.45) is 10.4 Å². The number of carbonyl (C=O) groups excluding carboxylic acids is 1. The molecule has 0 aliphatic carbocycles. The lowest BCUT2D eigenvalue weighted by Gasteiger charge is -2.24. The van der Waals surface area contributed by atoms with E-state index in [2.05, 4.69) is 20.5 Å². The van der Waals surface area contributed by atoms with Gasteiger partial charge in [-0.1, -0.05) is 0 Å². The van der Waals surface area contributed by atoms with Crippen molar-refractivity contribution in [3.05, 3.63) is 24.3 Å². The van der Waals surface area contributed by atoms with Crippen molar-refractivity contribution in [1.29, 1.82) is 0 Å². The molecule has 2 aliphatic heterocycles. The van der Waals surface area contributed by atoms with Crippen molar-refractivity contribution < 1.29 is 14.6 Å². The number of amides is 1. The van der Waals surface area contributed by atoms with Gasteiger partial charge in [0, 0.05) is 37.3 Å². The fourth-order valence-corrected chi connectivity index (χ4v) is 3.41. The Bertz CT molecular complexity index is 630. The van der Waals surface area contributed by atoms with Crippen LogP contribution in [-0.2, 0) is 9.53 Å². The third kappa shape index (κ3) is 5.23. The molecule has 1 aromatic carbocycles. The van der Waals surface area contributed by atoms with Gasteiger partial charge < -0.3 is 25.4 Å². The van der Waals surface area contributed by atoms with Crippen molar-refractivity contribution in [1.82, 2.24) is 10.2 Å². The lowest BCUT2D eigenvalue weighted by atomic mass is 9.87. The Kier molecular flexibility index (Phi) is 7.51. The predicted molar refractivity (Wildman–Crippen MR) is 112 cm³/mol. The van der Waals surface area contributed by atoms with Crippen LogP contribution in [0.5, 0.6) is 5.75 Å². The molecule has 1 unspecified atom stereocenters. The van der Waals surface area contributed by atoms with E-state index < -0.39 is 0 Å². The number of ether oxygens (including phenoxy) is 1. The van der Waals surface area contributed by atoms with Crippen LogP contribution in [0.3, 0.4) is 0 Å². The van der Waals surface area contributed by atoms with Gasteiger partial charge in [0.25, 0.3) is 0 Å². The smallest absolute Gasteiger partial charge is 0.246 e. The lowest BCUT2D eigenvalue weighted by Crippen LogP contribution is -2.42. The molecule has 2 heterocycles. The Hall–Kier alpha value is -1.55. The van der Waals surface area contributed by atoms with Crippen LogP contribution in [0.15, 0.2) is 29.3 Å². The fourth-order valence-electron chi connectivity index (χ4n) is 3.41. The van der Waals surface area contributed by atoms with Gasteiger partial charge >= 0.3 is 0 Å². The summed E-state index contributed by atoms with van der Waals surface area (Å²) in [6.07, 6.45) is 2.21. The molecule has 2 fully saturated rings. The topological polar surface area (TPSA) is 86.2 Å². The maximum Gasteiger partial charge on any atom is 0.246 e. The van der Waals surface area contributed by atoms with Crippen LogP contribution in [0.25, 0.3) is 0 Å². The molecule has 1 aromatic rings. The molecule has 1 amide bonds. The SMILES string of the molecule is CCNC(=NCC(=O)Nc1ccc(O)cc1)N1CCC2(CCOC2)C1.I. The van der Waals surface area contributed by atoms with Crippen LogP contribution in [0, 0.1) is 5.41 Å². The van der Waals surface area contributed by atoms with E-state index in [9.17, 15) is 9.90 Å². The highest BCUT2D eigenvalue weighted by atomic mass is 127. The quantitative estimate of drug-likeness (QED) is 0.269. The largest absolute Gasteiger partial charge is 0.508 e. The monoisotopic (exact) mass is 474 g/mol. The zero-order valence-corrected chi connectivity index (χ0v) is 17.4. The van der Waals surface area contributed by atoms with Gasteiger partial charge in [-0.2, -0.15) is 0 Å². The number of benzene rings is 1. The van der Waals surface area contributed by atoms with Gasteiger partial charge in [0.15, 0.2) is 5.96 Å². The number of phenolic OH excluding ortho intramolecular Hbond substituents is 1. The average Bonchev–Trinajstić information content (AvgIpc) is 3.24. The number of nitrogens with one attached hydrogen (secondary N) is 2. The number of hydrogen-bond acceptors (Lipinski definition) is 4. The normalized spacial score (nSPS) is 22.3. The molecular formula is C18H27IN4O3. The summed E-state index contributed by atoms with van der Waals surface area (Å²) >= 11 is 0. The molecule has 7 nitrogen and oxygen atoms in total. The number of guanidine groups is 1. The minimum absolute atomic E-state index is 0. The van der Waals surface area contributed by atoms with Gasteiger partial charge in [-0.15, -0.1) is 24.0 Å². The van der Waals surface area contributed by atoms with Crippen LogP contribution < -0.4 is 10.6 Å². The first-order valence-electron chi connectivity index (χ1n) is 8.80. The van der Waals surface area contributed by atoms with E-state index in [0.717, 1.165) is 51.6 Å². The number of carbonyl (C=O) groups is 1. The molecular weight excluding hydrogens is 447 g/mol. The van der Waals surface area contributed by atoms with Crippen molar-refractivity contribution in [2.45, 2.75) is 19.8 Å². The van der Waals surface area contributed by atoms with Gasteiger partial charge in [-0.25, -0.2) is 4.99 Å². The summed E-state index contributed by atoms with van der Waals surface area (Å²) < 4.78 is 5.57. The number of aliphatic imine (C=N–C) groups is 1. The van der Waals surface area contributed by atoms with Crippen molar-refractivity contribution in [3.63, 3.8) is 0 Å². The number of phenols is 1. The molecule has 8 heteroatoms. The van der Waals surface area contributed by atoms with Gasteiger partial charge in [0.1, 0.15) is 12.3 Å². The van der Waals surface area contributed by atoms with Crippen molar-refractivity contribution >= 4 is 41.5 Å². The van der Waals surface area contributed by atoms with Gasteiger partial charge in [-0.05, 0) is 44.0 Å². The Morgan fingerprint density at radius 1 is 1.35 bits per heavy atom. The second kappa shape index (κ2) is 9.40. The van der Waals surface area contributed by atoms with Crippen molar-refractivity contribution in [3.8, 4) is 5.75 Å². The number of hydrogen-bond donors (Lipinski definition) is 3. The first-order valence-corrected chi connectivity index (χ1v) is 8.80. The van der Waals surface area contributed by atoms with Crippen molar-refractivity contribution in [2.75, 3.05) is 44.7 Å². The highest BCUT2D eigenvalue weighted by molar-refractivity contribution is 14.0. The third-order valence-corrected chi connectivity index (χ3v) is 4.78. The van der Waals surface area contributed by atoms with Crippen LogP contribution in [-0.4, -0.2) is 61.3 Å². The van der Waals surface area contributed by atoms with E-state index in [1.165, 1.54) is 12.1 Å². The zero-order valence-electron chi connectivity index (χ0n) is 15.0. The number of halogens is 1. The molecule has 3 N–H and O–H groups in total. The third-order valence-electron chi connectivity index (χ3n) is 4.78. The van der Waals surface area contributed by atoms with E-state index >= 15 is 0 Å². The maximum absolute atomic E-state index is 12.1. The minimum Gasteiger partial charge on any atom is -0.508 e. The second-order valence-corrected chi connectivity index (χ2v) is 6.74. The molecule has 0 bridgehead atoms. The minimum atomic E-state index is -0.181. The number of aromatic hydroxyl groups is 1. The Morgan fingerprint density at radius 3 is 2.77 bits per heavy atom. The summed E-state index contributed by atoms with van der Waals surface area (Å²) in [5, 5.41) is 15.3. The average molecular weight is 474 g/mol. The molecule has 0 aromatic heterocycles. The van der Waals surface area contributed by atoms with E-state index in [0.29, 0.717) is 5.69 Å². The molecule has 1 atom stereocenters. The van der Waals surface area contributed by atoms with Crippen LogP contribution in [0.1, 0.15) is 19.8 Å². The molecule has 3 rings (SSSR count). The van der Waals surface area contributed by atoms with Crippen LogP contribution in [0.4, 0.5) is 5.69 Å². The first-order chi connectivity index (χ1) is 12.1. The Morgan fingerprint density at radius 2 is 2.12 bits per heavy atom. The van der Waals surface area contributed by atoms with Gasteiger partial charge in [-0.3, -0.25) is 4.79 Å². The predicted octanol–water partition coefficient (Wildman–Crippen LogP) is 2.03. The molecule has 144 valence electrons. The highest BCUT2D eigenvalue weighted by Crippen LogP contribution is 2.38. The van der Waals surface area contributed by atoms with E-state index in [1.807, 2.05) is 6.92 Å². The maximum atomic E-state index is 12.1. The summed E-state index contributed by atoms with van der Waals surface area (Å²) in [7, 11) is 0. The zero-order chi connectivity index (χ0) is 17.7. The number of likely N-dealkylation sites (tertiary alicyclic amines) is 1. The molecule has 26 heavy (non-hydrogen) atoms. The van der Waals surface area contributed by atoms with E-state index in [4.69, 9.17) is 4.74 Å². The summed E-state index contributed by atoms with van der Waals surface area (Å²) in [6, 6.07) is 6.39. The van der Waals surface area contributed by atoms with Gasteiger partial charge in [0.05, 0.1) is 6.61 Å². The lowest BCUT2D eigenvalue weighted by molar-refractivity contribution is -0.114. The summed E-state index contributed by atoms with van der Waals surface area (Å²) in [4.78, 5) is 18.8. The Labute approximate surface area is 171 Å². The van der Waals surface area contributed by atoms with Crippen LogP contribution in [0.2, 0.25) is 0 Å². The summed E-state index contributed by atoms with van der Waals surface area (Å²) in [6.45, 7) is 6.38. The molecule has 0 saturated carbocycles. The summed E-state index contributed by atoms with van der Waals surface area (Å²) in [5.74, 6) is 0.774. The Balaban J connectivity index is 0.00000243. The van der Waals surface area contributed by atoms with Crippen LogP contribution >= 0.6 is 24.0 Å². The summed E-state index contributed by atoms with van der Waals surface area (Å²) in [5.41, 5.74) is 0.899. The number of rotatable bonds is 4. The van der Waals surface area contributed by atoms with E-state index in [-0.39, 0.29) is 47.6 Å². The molecule has 0 radical (unpaired) electrons. The van der Waals surface area contributed by atoms with Gasteiger partial charge in [0.2, 0.25) is 5.91 Å². The molecule has 2 saturated heterocycles. The first kappa shape index (κ1) is 20.8. The number of anilines is 1. The molecule has 2 aliphatic rings. The van der Waals surface area contributed by atoms with E-state index in [1.54, 1.807) is 12.1 Å². The second-order valence-electron chi connectivity index (χ2n) is 6.74. The fraction of sp³-hybridized carbons (Fsp3) is 0.556. The highest BCUT2D eigenvalue weighted by Gasteiger charge is 2.42. The standard InChI is InChI=1S/C18H26N4O3.HI/c1-2-19-17(22-9-7-18(12-22)8-10-25-13-18)20-11-16(24)21-14-3-5-15(23)6-4-14;/h3-6,23H,2,7-13H2,1H3,(H,19,20)(H,21,24);1H. The molecule has 1 spiro atoms.